The van der Waals surface area contributed by atoms with Crippen molar-refractivity contribution in [2.45, 2.75) is 25.3 Å². The summed E-state index contributed by atoms with van der Waals surface area (Å²) in [6, 6.07) is 19.1. The number of benzene rings is 3. The average Bonchev–Trinajstić information content (AvgIpc) is 2.81. The Morgan fingerprint density at radius 1 is 1.00 bits per heavy atom. The van der Waals surface area contributed by atoms with Crippen molar-refractivity contribution in [1.29, 1.82) is 0 Å². The summed E-state index contributed by atoms with van der Waals surface area (Å²) in [6.07, 6.45) is 0.557. The van der Waals surface area contributed by atoms with Gasteiger partial charge >= 0.3 is 0 Å². The van der Waals surface area contributed by atoms with E-state index in [0.717, 1.165) is 22.0 Å². The summed E-state index contributed by atoms with van der Waals surface area (Å²) in [7, 11) is 0. The number of halogens is 2. The molecule has 0 spiro atoms. The van der Waals surface area contributed by atoms with Gasteiger partial charge in [0.15, 0.2) is 0 Å². The van der Waals surface area contributed by atoms with Gasteiger partial charge in [-0.2, -0.15) is 0 Å². The van der Waals surface area contributed by atoms with Crippen molar-refractivity contribution in [3.05, 3.63) is 76.3 Å². The molecule has 0 aliphatic carbocycles. The molecule has 29 heavy (non-hydrogen) atoms. The van der Waals surface area contributed by atoms with Gasteiger partial charge in [-0.15, -0.1) is 0 Å². The normalized spacial score (nSPS) is 19.9. The molecule has 1 saturated heterocycles. The van der Waals surface area contributed by atoms with Crippen molar-refractivity contribution in [2.24, 2.45) is 0 Å². The summed E-state index contributed by atoms with van der Waals surface area (Å²) >= 11 is 12.2. The standard InChI is InChI=1S/C23H20Cl2N2O2/c1-23(14-15-9-10-18(24)19(25)13-15)22(29)27(12-11-21(28)26-23)20-8-4-6-16-5-2-3-7-17(16)20/h2-10,13H,11-12,14H2,1H3,(H,26,28). The fourth-order valence-electron chi connectivity index (χ4n) is 3.89. The summed E-state index contributed by atoms with van der Waals surface area (Å²) in [5, 5.41) is 5.83. The maximum atomic E-state index is 13.7. The zero-order valence-electron chi connectivity index (χ0n) is 15.9. The Labute approximate surface area is 179 Å². The number of carbonyl (C=O) groups excluding carboxylic acids is 2. The number of amides is 2. The molecule has 0 bridgehead atoms. The second-order valence-electron chi connectivity index (χ2n) is 7.51. The van der Waals surface area contributed by atoms with E-state index in [1.807, 2.05) is 48.5 Å². The second-order valence-corrected chi connectivity index (χ2v) is 8.32. The van der Waals surface area contributed by atoms with Crippen LogP contribution in [0.3, 0.4) is 0 Å². The van der Waals surface area contributed by atoms with E-state index in [1.54, 1.807) is 24.0 Å². The van der Waals surface area contributed by atoms with E-state index in [-0.39, 0.29) is 18.2 Å². The molecule has 1 aliphatic heterocycles. The van der Waals surface area contributed by atoms with Gasteiger partial charge in [0.2, 0.25) is 5.91 Å². The van der Waals surface area contributed by atoms with Gasteiger partial charge in [-0.1, -0.05) is 65.7 Å². The Balaban J connectivity index is 1.75. The fourth-order valence-corrected chi connectivity index (χ4v) is 4.21. The minimum atomic E-state index is -1.10. The molecular weight excluding hydrogens is 407 g/mol. The SMILES string of the molecule is CC1(Cc2ccc(Cl)c(Cl)c2)NC(=O)CCN(c2cccc3ccccc23)C1=O. The van der Waals surface area contributed by atoms with Gasteiger partial charge in [0.05, 0.1) is 15.7 Å². The molecule has 4 rings (SSSR count). The third-order valence-corrected chi connectivity index (χ3v) is 6.03. The van der Waals surface area contributed by atoms with Crippen LogP contribution in [0.2, 0.25) is 10.0 Å². The van der Waals surface area contributed by atoms with Gasteiger partial charge in [0.25, 0.3) is 5.91 Å². The van der Waals surface area contributed by atoms with Crippen LogP contribution < -0.4 is 10.2 Å². The molecule has 1 N–H and O–H groups in total. The first-order chi connectivity index (χ1) is 13.9. The summed E-state index contributed by atoms with van der Waals surface area (Å²) in [4.78, 5) is 27.8. The van der Waals surface area contributed by atoms with E-state index in [9.17, 15) is 9.59 Å². The number of anilines is 1. The number of rotatable bonds is 3. The minimum Gasteiger partial charge on any atom is -0.342 e. The Kier molecular flexibility index (Phi) is 5.24. The molecule has 1 atom stereocenters. The second kappa shape index (κ2) is 7.69. The third-order valence-electron chi connectivity index (χ3n) is 5.29. The Morgan fingerprint density at radius 3 is 2.55 bits per heavy atom. The molecule has 1 unspecified atom stereocenters. The van der Waals surface area contributed by atoms with Crippen LogP contribution in [0.1, 0.15) is 18.9 Å². The molecule has 0 saturated carbocycles. The first-order valence-corrected chi connectivity index (χ1v) is 10.2. The van der Waals surface area contributed by atoms with Crippen LogP contribution in [0.25, 0.3) is 10.8 Å². The minimum absolute atomic E-state index is 0.147. The number of nitrogens with zero attached hydrogens (tertiary/aromatic N) is 1. The maximum Gasteiger partial charge on any atom is 0.252 e. The molecule has 1 fully saturated rings. The molecular formula is C23H20Cl2N2O2. The molecule has 4 nitrogen and oxygen atoms in total. The molecule has 148 valence electrons. The van der Waals surface area contributed by atoms with Crippen LogP contribution in [0.5, 0.6) is 0 Å². The smallest absolute Gasteiger partial charge is 0.252 e. The lowest BCUT2D eigenvalue weighted by Gasteiger charge is -2.33. The lowest BCUT2D eigenvalue weighted by atomic mass is 9.91. The molecule has 1 aliphatic rings. The number of hydrogen-bond acceptors (Lipinski definition) is 2. The molecule has 3 aromatic rings. The van der Waals surface area contributed by atoms with Crippen molar-refractivity contribution >= 4 is 51.5 Å². The lowest BCUT2D eigenvalue weighted by Crippen LogP contribution is -2.56. The van der Waals surface area contributed by atoms with Crippen LogP contribution in [0.15, 0.2) is 60.7 Å². The number of hydrogen-bond donors (Lipinski definition) is 1. The molecule has 1 heterocycles. The topological polar surface area (TPSA) is 49.4 Å². The Hall–Kier alpha value is -2.56. The molecule has 0 radical (unpaired) electrons. The van der Waals surface area contributed by atoms with Gasteiger partial charge in [-0.3, -0.25) is 9.59 Å². The summed E-state index contributed by atoms with van der Waals surface area (Å²) < 4.78 is 0. The van der Waals surface area contributed by atoms with E-state index in [2.05, 4.69) is 5.32 Å². The first-order valence-electron chi connectivity index (χ1n) is 9.42. The van der Waals surface area contributed by atoms with Crippen molar-refractivity contribution in [2.75, 3.05) is 11.4 Å². The molecule has 2 amide bonds. The van der Waals surface area contributed by atoms with E-state index >= 15 is 0 Å². The monoisotopic (exact) mass is 426 g/mol. The van der Waals surface area contributed by atoms with Crippen molar-refractivity contribution in [1.82, 2.24) is 5.32 Å². The maximum absolute atomic E-state index is 13.7. The van der Waals surface area contributed by atoms with E-state index in [4.69, 9.17) is 23.2 Å². The Bertz CT molecular complexity index is 1110. The highest BCUT2D eigenvalue weighted by Gasteiger charge is 2.41. The van der Waals surface area contributed by atoms with E-state index in [0.29, 0.717) is 23.0 Å². The highest BCUT2D eigenvalue weighted by atomic mass is 35.5. The van der Waals surface area contributed by atoms with Gasteiger partial charge in [-0.25, -0.2) is 0 Å². The number of carbonyl (C=O) groups is 2. The van der Waals surface area contributed by atoms with Crippen molar-refractivity contribution in [3.63, 3.8) is 0 Å². The number of nitrogens with one attached hydrogen (secondary N) is 1. The highest BCUT2D eigenvalue weighted by molar-refractivity contribution is 6.42. The summed E-state index contributed by atoms with van der Waals surface area (Å²) in [5.41, 5.74) is 0.544. The van der Waals surface area contributed by atoms with Crippen molar-refractivity contribution < 1.29 is 9.59 Å². The van der Waals surface area contributed by atoms with Gasteiger partial charge < -0.3 is 10.2 Å². The van der Waals surface area contributed by atoms with Crippen LogP contribution in [-0.4, -0.2) is 23.9 Å². The van der Waals surface area contributed by atoms with Crippen molar-refractivity contribution in [3.8, 4) is 0 Å². The quantitative estimate of drug-likeness (QED) is 0.640. The third kappa shape index (κ3) is 3.83. The van der Waals surface area contributed by atoms with Gasteiger partial charge in [0.1, 0.15) is 5.54 Å². The summed E-state index contributed by atoms with van der Waals surface area (Å²) in [6.45, 7) is 2.09. The first kappa shape index (κ1) is 19.7. The number of fused-ring (bicyclic) bond motifs is 1. The zero-order chi connectivity index (χ0) is 20.6. The van der Waals surface area contributed by atoms with Crippen LogP contribution in [0.4, 0.5) is 5.69 Å². The van der Waals surface area contributed by atoms with E-state index in [1.165, 1.54) is 0 Å². The average molecular weight is 427 g/mol. The van der Waals surface area contributed by atoms with Crippen LogP contribution in [0, 0.1) is 0 Å². The highest BCUT2D eigenvalue weighted by Crippen LogP contribution is 2.31. The predicted octanol–water partition coefficient (Wildman–Crippen LogP) is 5.00. The molecule has 6 heteroatoms. The van der Waals surface area contributed by atoms with Gasteiger partial charge in [-0.05, 0) is 36.1 Å². The van der Waals surface area contributed by atoms with E-state index < -0.39 is 5.54 Å². The van der Waals surface area contributed by atoms with Gasteiger partial charge in [0, 0.05) is 24.8 Å². The van der Waals surface area contributed by atoms with Crippen LogP contribution in [-0.2, 0) is 16.0 Å². The molecule has 0 aromatic heterocycles. The summed E-state index contributed by atoms with van der Waals surface area (Å²) in [5.74, 6) is -0.297. The molecule has 3 aromatic carbocycles. The predicted molar refractivity (Wildman–Crippen MR) is 118 cm³/mol. The zero-order valence-corrected chi connectivity index (χ0v) is 17.4. The van der Waals surface area contributed by atoms with Crippen LogP contribution >= 0.6 is 23.2 Å². The largest absolute Gasteiger partial charge is 0.342 e. The fraction of sp³-hybridized carbons (Fsp3) is 0.217. The lowest BCUT2D eigenvalue weighted by molar-refractivity contribution is -0.129. The Morgan fingerprint density at radius 2 is 1.76 bits per heavy atom.